The van der Waals surface area contributed by atoms with Gasteiger partial charge in [0.15, 0.2) is 0 Å². The number of nitrogens with one attached hydrogen (secondary N) is 1. The van der Waals surface area contributed by atoms with Crippen LogP contribution >= 0.6 is 23.2 Å². The quantitative estimate of drug-likeness (QED) is 0.716. The van der Waals surface area contributed by atoms with E-state index in [-0.39, 0.29) is 11.8 Å². The molecule has 1 fully saturated rings. The van der Waals surface area contributed by atoms with E-state index in [1.165, 1.54) is 7.11 Å². The molecule has 7 heteroatoms. The number of carbonyl (C=O) groups is 2. The molecule has 148 valence electrons. The number of carbonyl (C=O) groups excluding carboxylic acids is 2. The molecule has 1 aliphatic rings. The van der Waals surface area contributed by atoms with E-state index in [0.717, 1.165) is 38.0 Å². The van der Waals surface area contributed by atoms with E-state index in [1.54, 1.807) is 30.3 Å². The van der Waals surface area contributed by atoms with E-state index >= 15 is 0 Å². The molecule has 1 N–H and O–H groups in total. The maximum Gasteiger partial charge on any atom is 0.337 e. The lowest BCUT2D eigenvalue weighted by molar-refractivity contribution is -0.121. The standard InChI is InChI=1S/C21H22Cl2N2O3/c1-28-21(27)15-3-2-4-18(11-15)24-20(26)14-7-9-25(10-8-14)13-16-5-6-17(22)12-19(16)23/h2-6,11-12,14H,7-10,13H2,1H3,(H,24,26). The third-order valence-electron chi connectivity index (χ3n) is 4.92. The van der Waals surface area contributed by atoms with Gasteiger partial charge in [-0.05, 0) is 61.8 Å². The average molecular weight is 421 g/mol. The second-order valence-corrected chi connectivity index (χ2v) is 7.69. The summed E-state index contributed by atoms with van der Waals surface area (Å²) in [6.45, 7) is 2.38. The van der Waals surface area contributed by atoms with Crippen molar-refractivity contribution in [2.75, 3.05) is 25.5 Å². The van der Waals surface area contributed by atoms with Gasteiger partial charge >= 0.3 is 5.97 Å². The highest BCUT2D eigenvalue weighted by molar-refractivity contribution is 6.35. The maximum absolute atomic E-state index is 12.6. The fraction of sp³-hybridized carbons (Fsp3) is 0.333. The van der Waals surface area contributed by atoms with Crippen LogP contribution in [0.3, 0.4) is 0 Å². The third kappa shape index (κ3) is 5.25. The summed E-state index contributed by atoms with van der Waals surface area (Å²) < 4.78 is 4.71. The number of methoxy groups -OCH3 is 1. The van der Waals surface area contributed by atoms with Crippen molar-refractivity contribution in [1.29, 1.82) is 0 Å². The van der Waals surface area contributed by atoms with E-state index in [4.69, 9.17) is 27.9 Å². The van der Waals surface area contributed by atoms with Crippen LogP contribution in [0, 0.1) is 5.92 Å². The molecule has 0 aliphatic carbocycles. The van der Waals surface area contributed by atoms with Crippen LogP contribution in [0.4, 0.5) is 5.69 Å². The van der Waals surface area contributed by atoms with Gasteiger partial charge in [-0.25, -0.2) is 4.79 Å². The molecule has 28 heavy (non-hydrogen) atoms. The van der Waals surface area contributed by atoms with E-state index in [0.29, 0.717) is 21.3 Å². The Labute approximate surface area is 174 Å². The highest BCUT2D eigenvalue weighted by Gasteiger charge is 2.25. The monoisotopic (exact) mass is 420 g/mol. The number of likely N-dealkylation sites (tertiary alicyclic amines) is 1. The van der Waals surface area contributed by atoms with Crippen molar-refractivity contribution in [3.63, 3.8) is 0 Å². The van der Waals surface area contributed by atoms with Crippen molar-refractivity contribution < 1.29 is 14.3 Å². The lowest BCUT2D eigenvalue weighted by atomic mass is 9.95. The first-order valence-electron chi connectivity index (χ1n) is 9.12. The van der Waals surface area contributed by atoms with Crippen molar-refractivity contribution in [3.8, 4) is 0 Å². The normalized spacial score (nSPS) is 15.2. The predicted octanol–water partition coefficient (Wildman–Crippen LogP) is 4.63. The van der Waals surface area contributed by atoms with Gasteiger partial charge in [-0.1, -0.05) is 35.3 Å². The summed E-state index contributed by atoms with van der Waals surface area (Å²) in [6, 6.07) is 12.3. The molecule has 0 aromatic heterocycles. The predicted molar refractivity (Wildman–Crippen MR) is 111 cm³/mol. The number of ether oxygens (including phenoxy) is 1. The topological polar surface area (TPSA) is 58.6 Å². The number of amides is 1. The Kier molecular flexibility index (Phi) is 6.94. The molecule has 0 spiro atoms. The van der Waals surface area contributed by atoms with Crippen LogP contribution in [0.25, 0.3) is 0 Å². The van der Waals surface area contributed by atoms with Gasteiger partial charge in [0.25, 0.3) is 0 Å². The maximum atomic E-state index is 12.6. The zero-order valence-corrected chi connectivity index (χ0v) is 17.1. The fourth-order valence-electron chi connectivity index (χ4n) is 3.33. The van der Waals surface area contributed by atoms with Crippen molar-refractivity contribution >= 4 is 40.8 Å². The number of hydrogen-bond acceptors (Lipinski definition) is 4. The molecule has 3 rings (SSSR count). The summed E-state index contributed by atoms with van der Waals surface area (Å²) in [5.74, 6) is -0.504. The number of nitrogens with zero attached hydrogens (tertiary/aromatic N) is 1. The largest absolute Gasteiger partial charge is 0.465 e. The van der Waals surface area contributed by atoms with Gasteiger partial charge in [0, 0.05) is 28.2 Å². The Balaban J connectivity index is 1.53. The zero-order valence-electron chi connectivity index (χ0n) is 15.6. The Morgan fingerprint density at radius 1 is 1.14 bits per heavy atom. The van der Waals surface area contributed by atoms with Crippen LogP contribution in [0.5, 0.6) is 0 Å². The number of piperidine rings is 1. The highest BCUT2D eigenvalue weighted by Crippen LogP contribution is 2.25. The van der Waals surface area contributed by atoms with Crippen LogP contribution in [0.15, 0.2) is 42.5 Å². The molecule has 1 heterocycles. The summed E-state index contributed by atoms with van der Waals surface area (Å²) in [5, 5.41) is 4.20. The van der Waals surface area contributed by atoms with E-state index in [2.05, 4.69) is 10.2 Å². The van der Waals surface area contributed by atoms with Crippen LogP contribution < -0.4 is 5.32 Å². The molecule has 0 bridgehead atoms. The SMILES string of the molecule is COC(=O)c1cccc(NC(=O)C2CCN(Cc3ccc(Cl)cc3Cl)CC2)c1. The van der Waals surface area contributed by atoms with Crippen LogP contribution in [-0.2, 0) is 16.1 Å². The second kappa shape index (κ2) is 9.41. The molecule has 2 aromatic carbocycles. The van der Waals surface area contributed by atoms with Gasteiger partial charge < -0.3 is 10.1 Å². The van der Waals surface area contributed by atoms with E-state index in [1.807, 2.05) is 12.1 Å². The second-order valence-electron chi connectivity index (χ2n) is 6.85. The lowest BCUT2D eigenvalue weighted by Gasteiger charge is -2.31. The van der Waals surface area contributed by atoms with Crippen LogP contribution in [0.2, 0.25) is 10.0 Å². The number of hydrogen-bond donors (Lipinski definition) is 1. The minimum absolute atomic E-state index is 0.0220. The van der Waals surface area contributed by atoms with Gasteiger partial charge in [0.2, 0.25) is 5.91 Å². The minimum Gasteiger partial charge on any atom is -0.465 e. The third-order valence-corrected chi connectivity index (χ3v) is 5.51. The number of rotatable bonds is 5. The van der Waals surface area contributed by atoms with Gasteiger partial charge in [0.1, 0.15) is 0 Å². The molecular formula is C21H22Cl2N2O3. The summed E-state index contributed by atoms with van der Waals surface area (Å²) in [4.78, 5) is 26.5. The Morgan fingerprint density at radius 3 is 2.57 bits per heavy atom. The van der Waals surface area contributed by atoms with Crippen molar-refractivity contribution in [1.82, 2.24) is 4.90 Å². The van der Waals surface area contributed by atoms with Crippen LogP contribution in [0.1, 0.15) is 28.8 Å². The Bertz CT molecular complexity index is 864. The number of anilines is 1. The van der Waals surface area contributed by atoms with Crippen molar-refractivity contribution in [3.05, 3.63) is 63.6 Å². The summed E-state index contributed by atoms with van der Waals surface area (Å²) in [5.41, 5.74) is 2.05. The summed E-state index contributed by atoms with van der Waals surface area (Å²) >= 11 is 12.2. The van der Waals surface area contributed by atoms with E-state index < -0.39 is 5.97 Å². The molecule has 5 nitrogen and oxygen atoms in total. The van der Waals surface area contributed by atoms with Crippen molar-refractivity contribution in [2.45, 2.75) is 19.4 Å². The van der Waals surface area contributed by atoms with Crippen LogP contribution in [-0.4, -0.2) is 37.0 Å². The molecule has 0 saturated carbocycles. The molecule has 0 radical (unpaired) electrons. The number of esters is 1. The first-order valence-corrected chi connectivity index (χ1v) is 9.87. The lowest BCUT2D eigenvalue weighted by Crippen LogP contribution is -2.37. The Hall–Kier alpha value is -2.08. The molecule has 1 amide bonds. The molecular weight excluding hydrogens is 399 g/mol. The molecule has 1 saturated heterocycles. The van der Waals surface area contributed by atoms with Gasteiger partial charge in [-0.15, -0.1) is 0 Å². The molecule has 1 aliphatic heterocycles. The van der Waals surface area contributed by atoms with E-state index in [9.17, 15) is 9.59 Å². The smallest absolute Gasteiger partial charge is 0.337 e. The van der Waals surface area contributed by atoms with Gasteiger partial charge in [-0.2, -0.15) is 0 Å². The fourth-order valence-corrected chi connectivity index (χ4v) is 3.80. The number of benzene rings is 2. The first-order chi connectivity index (χ1) is 13.5. The van der Waals surface area contributed by atoms with Crippen molar-refractivity contribution in [2.24, 2.45) is 5.92 Å². The highest BCUT2D eigenvalue weighted by atomic mass is 35.5. The molecule has 0 unspecified atom stereocenters. The number of halogens is 2. The Morgan fingerprint density at radius 2 is 1.89 bits per heavy atom. The average Bonchev–Trinajstić information content (AvgIpc) is 2.70. The van der Waals surface area contributed by atoms with Gasteiger partial charge in [-0.3, -0.25) is 9.69 Å². The minimum atomic E-state index is -0.426. The summed E-state index contributed by atoms with van der Waals surface area (Å²) in [7, 11) is 1.33. The summed E-state index contributed by atoms with van der Waals surface area (Å²) in [6.07, 6.45) is 1.54. The molecule has 0 atom stereocenters. The molecule has 2 aromatic rings. The van der Waals surface area contributed by atoms with Gasteiger partial charge in [0.05, 0.1) is 12.7 Å². The zero-order chi connectivity index (χ0) is 20.1. The first kappa shape index (κ1) is 20.6.